The average Bonchev–Trinajstić information content (AvgIpc) is 3.15. The van der Waals surface area contributed by atoms with Crippen LogP contribution in [0.4, 0.5) is 0 Å². The van der Waals surface area contributed by atoms with Crippen LogP contribution in [0.2, 0.25) is 0 Å². The zero-order valence-corrected chi connectivity index (χ0v) is 20.2. The van der Waals surface area contributed by atoms with Crippen LogP contribution in [-0.4, -0.2) is 46.0 Å². The number of nitrogens with two attached hydrogens (primary N) is 1. The summed E-state index contributed by atoms with van der Waals surface area (Å²) in [6.45, 7) is 8.22. The zero-order valence-electron chi connectivity index (χ0n) is 20.2. The highest BCUT2D eigenvalue weighted by atomic mass is 16.5. The van der Waals surface area contributed by atoms with Crippen molar-refractivity contribution in [2.24, 2.45) is 40.2 Å². The smallest absolute Gasteiger partial charge is 0.258 e. The minimum atomic E-state index is -0.854. The number of carbonyl (C=O) groups is 2. The Labute approximate surface area is 195 Å². The first kappa shape index (κ1) is 23.8. The Morgan fingerprint density at radius 1 is 1.33 bits per heavy atom. The first-order valence-corrected chi connectivity index (χ1v) is 12.1. The SMILES string of the molecule is CC(C)COc1c(C(=O)NC2C3CC4CC2CC(CO)(C4)C3)cnn1C=CC(C)(C)C(N)=O. The van der Waals surface area contributed by atoms with Gasteiger partial charge in [-0.15, -0.1) is 0 Å². The Hall–Kier alpha value is -2.35. The van der Waals surface area contributed by atoms with Crippen molar-refractivity contribution >= 4 is 18.0 Å². The van der Waals surface area contributed by atoms with Gasteiger partial charge in [0, 0.05) is 18.8 Å². The summed E-state index contributed by atoms with van der Waals surface area (Å²) >= 11 is 0. The maximum atomic E-state index is 13.4. The maximum Gasteiger partial charge on any atom is 0.258 e. The number of ether oxygens (including phenoxy) is 1. The van der Waals surface area contributed by atoms with Gasteiger partial charge in [0.05, 0.1) is 18.2 Å². The highest BCUT2D eigenvalue weighted by Gasteiger charge is 2.55. The van der Waals surface area contributed by atoms with E-state index in [9.17, 15) is 14.7 Å². The fraction of sp³-hybridized carbons (Fsp3) is 0.720. The first-order chi connectivity index (χ1) is 15.5. The van der Waals surface area contributed by atoms with Crippen LogP contribution in [0.15, 0.2) is 12.3 Å². The van der Waals surface area contributed by atoms with E-state index in [-0.39, 0.29) is 29.9 Å². The molecule has 1 aromatic rings. The van der Waals surface area contributed by atoms with E-state index < -0.39 is 11.3 Å². The molecule has 4 bridgehead atoms. The molecule has 2 unspecified atom stereocenters. The summed E-state index contributed by atoms with van der Waals surface area (Å²) in [6, 6.07) is 0.124. The molecule has 1 heterocycles. The summed E-state index contributed by atoms with van der Waals surface area (Å²) < 4.78 is 7.50. The second-order valence-corrected chi connectivity index (χ2v) is 11.5. The van der Waals surface area contributed by atoms with E-state index in [0.29, 0.717) is 35.8 Å². The van der Waals surface area contributed by atoms with Gasteiger partial charge in [-0.05, 0) is 75.0 Å². The Balaban J connectivity index is 1.54. The van der Waals surface area contributed by atoms with Gasteiger partial charge in [0.15, 0.2) is 0 Å². The predicted molar refractivity (Wildman–Crippen MR) is 125 cm³/mol. The lowest BCUT2D eigenvalue weighted by molar-refractivity contribution is -0.123. The minimum Gasteiger partial charge on any atom is -0.477 e. The summed E-state index contributed by atoms with van der Waals surface area (Å²) in [6.07, 6.45) is 10.2. The molecule has 1 aromatic heterocycles. The fourth-order valence-electron chi connectivity index (χ4n) is 6.19. The highest BCUT2D eigenvalue weighted by molar-refractivity contribution is 5.96. The molecular formula is C25H38N4O4. The molecule has 4 aliphatic rings. The van der Waals surface area contributed by atoms with Crippen LogP contribution in [0.1, 0.15) is 70.2 Å². The lowest BCUT2D eigenvalue weighted by atomic mass is 9.48. The number of hydrogen-bond donors (Lipinski definition) is 3. The van der Waals surface area contributed by atoms with Crippen molar-refractivity contribution in [3.05, 3.63) is 17.8 Å². The zero-order chi connectivity index (χ0) is 24.0. The number of amides is 2. The number of aliphatic hydroxyl groups is 1. The molecule has 4 fully saturated rings. The molecule has 0 aromatic carbocycles. The summed E-state index contributed by atoms with van der Waals surface area (Å²) in [5.74, 6) is 1.52. The molecule has 0 saturated heterocycles. The number of nitrogens with one attached hydrogen (secondary N) is 1. The second-order valence-electron chi connectivity index (χ2n) is 11.5. The number of carbonyl (C=O) groups excluding carboxylic acids is 2. The minimum absolute atomic E-state index is 0.0617. The summed E-state index contributed by atoms with van der Waals surface area (Å²) in [5, 5.41) is 17.7. The standard InChI is InChI=1S/C25H38N4O4/c1-15(2)13-33-22-19(12-27-29(22)6-5-24(3,4)23(26)32)21(31)28-20-17-7-16-8-18(20)11-25(9-16,10-17)14-30/h5-6,12,15-18,20,30H,7-11,13-14H2,1-4H3,(H2,26,32)(H,28,31). The van der Waals surface area contributed by atoms with Gasteiger partial charge >= 0.3 is 0 Å². The number of nitrogens with zero attached hydrogens (tertiary/aromatic N) is 2. The van der Waals surface area contributed by atoms with E-state index in [1.54, 1.807) is 26.1 Å². The largest absolute Gasteiger partial charge is 0.477 e. The number of rotatable bonds is 9. The van der Waals surface area contributed by atoms with Crippen LogP contribution >= 0.6 is 0 Å². The van der Waals surface area contributed by atoms with E-state index in [2.05, 4.69) is 10.4 Å². The molecular weight excluding hydrogens is 420 g/mol. The van der Waals surface area contributed by atoms with Crippen molar-refractivity contribution < 1.29 is 19.4 Å². The molecule has 33 heavy (non-hydrogen) atoms. The van der Waals surface area contributed by atoms with Crippen molar-refractivity contribution in [2.45, 2.75) is 65.8 Å². The van der Waals surface area contributed by atoms with Crippen molar-refractivity contribution in [2.75, 3.05) is 13.2 Å². The van der Waals surface area contributed by atoms with Gasteiger partial charge in [-0.3, -0.25) is 9.59 Å². The van der Waals surface area contributed by atoms with Gasteiger partial charge in [-0.2, -0.15) is 5.10 Å². The molecule has 0 radical (unpaired) electrons. The molecule has 8 nitrogen and oxygen atoms in total. The quantitative estimate of drug-likeness (QED) is 0.526. The van der Waals surface area contributed by atoms with Crippen LogP contribution in [0, 0.1) is 34.5 Å². The third-order valence-corrected chi connectivity index (χ3v) is 7.85. The first-order valence-electron chi connectivity index (χ1n) is 12.1. The van der Waals surface area contributed by atoms with Gasteiger partial charge in [-0.1, -0.05) is 19.9 Å². The van der Waals surface area contributed by atoms with Gasteiger partial charge in [0.1, 0.15) is 5.56 Å². The Morgan fingerprint density at radius 3 is 2.58 bits per heavy atom. The number of aromatic nitrogens is 2. The van der Waals surface area contributed by atoms with E-state index in [1.807, 2.05) is 13.8 Å². The molecule has 0 aliphatic heterocycles. The normalized spacial score (nSPS) is 30.8. The highest BCUT2D eigenvalue weighted by Crippen LogP contribution is 2.59. The third kappa shape index (κ3) is 4.67. The van der Waals surface area contributed by atoms with Crippen LogP contribution in [0.25, 0.3) is 6.20 Å². The molecule has 182 valence electrons. The van der Waals surface area contributed by atoms with Crippen LogP contribution in [-0.2, 0) is 4.79 Å². The van der Waals surface area contributed by atoms with Gasteiger partial charge in [-0.25, -0.2) is 4.68 Å². The van der Waals surface area contributed by atoms with E-state index in [1.165, 1.54) is 10.9 Å². The van der Waals surface area contributed by atoms with Crippen LogP contribution < -0.4 is 15.8 Å². The second kappa shape index (κ2) is 8.78. The Morgan fingerprint density at radius 2 is 2.00 bits per heavy atom. The number of aliphatic hydroxyl groups excluding tert-OH is 1. The molecule has 8 heteroatoms. The molecule has 5 rings (SSSR count). The van der Waals surface area contributed by atoms with Gasteiger partial charge in [0.25, 0.3) is 5.91 Å². The molecule has 0 spiro atoms. The van der Waals surface area contributed by atoms with E-state index in [4.69, 9.17) is 10.5 Å². The molecule has 2 atom stereocenters. The average molecular weight is 459 g/mol. The maximum absolute atomic E-state index is 13.4. The topological polar surface area (TPSA) is 119 Å². The summed E-state index contributed by atoms with van der Waals surface area (Å²) in [5.41, 5.74) is 5.07. The Bertz CT molecular complexity index is 919. The van der Waals surface area contributed by atoms with Crippen LogP contribution in [0.5, 0.6) is 5.88 Å². The fourth-order valence-corrected chi connectivity index (χ4v) is 6.19. The predicted octanol–water partition coefficient (Wildman–Crippen LogP) is 2.82. The Kier molecular flexibility index (Phi) is 6.33. The van der Waals surface area contributed by atoms with Gasteiger partial charge in [0.2, 0.25) is 11.8 Å². The lowest BCUT2D eigenvalue weighted by Crippen LogP contribution is -2.60. The molecule has 4 saturated carbocycles. The van der Waals surface area contributed by atoms with E-state index in [0.717, 1.165) is 32.1 Å². The summed E-state index contributed by atoms with van der Waals surface area (Å²) in [4.78, 5) is 25.1. The van der Waals surface area contributed by atoms with Gasteiger partial charge < -0.3 is 20.9 Å². The summed E-state index contributed by atoms with van der Waals surface area (Å²) in [7, 11) is 0. The third-order valence-electron chi connectivity index (χ3n) is 7.85. The molecule has 2 amide bonds. The lowest BCUT2D eigenvalue weighted by Gasteiger charge is -2.59. The molecule has 4 aliphatic carbocycles. The van der Waals surface area contributed by atoms with Crippen LogP contribution in [0.3, 0.4) is 0 Å². The van der Waals surface area contributed by atoms with Crippen molar-refractivity contribution in [1.29, 1.82) is 0 Å². The molecule has 4 N–H and O–H groups in total. The van der Waals surface area contributed by atoms with Crippen molar-refractivity contribution in [3.63, 3.8) is 0 Å². The number of hydrogen-bond acceptors (Lipinski definition) is 5. The van der Waals surface area contributed by atoms with E-state index >= 15 is 0 Å². The van der Waals surface area contributed by atoms with Crippen molar-refractivity contribution in [3.8, 4) is 5.88 Å². The number of primary amides is 1. The van der Waals surface area contributed by atoms with Crippen molar-refractivity contribution in [1.82, 2.24) is 15.1 Å². The monoisotopic (exact) mass is 458 g/mol.